The molecular weight excluding hydrogens is 467 g/mol. The number of rotatable bonds is 8. The lowest BCUT2D eigenvalue weighted by Gasteiger charge is -2.28. The average Bonchev–Trinajstić information content (AvgIpc) is 2.84. The molecule has 1 fully saturated rings. The number of hydrogen-bond acceptors (Lipinski definition) is 6. The van der Waals surface area contributed by atoms with E-state index in [2.05, 4.69) is 4.98 Å². The first-order valence-electron chi connectivity index (χ1n) is 11.9. The van der Waals surface area contributed by atoms with E-state index in [4.69, 9.17) is 5.73 Å². The molecule has 1 aliphatic rings. The second kappa shape index (κ2) is 10.5. The standard InChI is InChI=1S/C26H29FN4O5/c1-15(26(35)36)21-22(24(28)33)25(34)31(11-10-30-9-3-2-4-20(30)32)19-13-17(14-29-23(19)21)12-16-5-7-18(27)8-6-16/h5-8,13-15,26,35-36H,2-4,9-12H2,1H3,(H2,28,33). The summed E-state index contributed by atoms with van der Waals surface area (Å²) in [6.45, 7) is 2.44. The van der Waals surface area contributed by atoms with Crippen LogP contribution < -0.4 is 11.3 Å². The van der Waals surface area contributed by atoms with Crippen LogP contribution in [0.5, 0.6) is 0 Å². The van der Waals surface area contributed by atoms with Gasteiger partial charge >= 0.3 is 0 Å². The van der Waals surface area contributed by atoms with Crippen LogP contribution in [0.1, 0.15) is 59.2 Å². The molecule has 0 saturated carbocycles. The first kappa shape index (κ1) is 25.5. The summed E-state index contributed by atoms with van der Waals surface area (Å²) in [5, 5.41) is 19.7. The summed E-state index contributed by atoms with van der Waals surface area (Å²) in [5.41, 5.74) is 6.81. The fourth-order valence-corrected chi connectivity index (χ4v) is 4.69. The molecule has 36 heavy (non-hydrogen) atoms. The van der Waals surface area contributed by atoms with Crippen molar-refractivity contribution in [3.63, 3.8) is 0 Å². The molecule has 0 bridgehead atoms. The van der Waals surface area contributed by atoms with Gasteiger partial charge in [-0.3, -0.25) is 19.4 Å². The van der Waals surface area contributed by atoms with Crippen LogP contribution >= 0.6 is 0 Å². The second-order valence-electron chi connectivity index (χ2n) is 9.16. The van der Waals surface area contributed by atoms with E-state index in [9.17, 15) is 29.0 Å². The van der Waals surface area contributed by atoms with Gasteiger partial charge in [-0.1, -0.05) is 19.1 Å². The van der Waals surface area contributed by atoms with Gasteiger partial charge in [-0.05, 0) is 48.6 Å². The number of aromatic nitrogens is 2. The number of hydrogen-bond donors (Lipinski definition) is 3. The van der Waals surface area contributed by atoms with Gasteiger partial charge < -0.3 is 25.4 Å². The summed E-state index contributed by atoms with van der Waals surface area (Å²) in [6.07, 6.45) is 2.29. The fraction of sp³-hybridized carbons (Fsp3) is 0.385. The Balaban J connectivity index is 1.86. The number of likely N-dealkylation sites (tertiary alicyclic amines) is 1. The van der Waals surface area contributed by atoms with Crippen LogP contribution in [0.25, 0.3) is 11.0 Å². The van der Waals surface area contributed by atoms with Crippen molar-refractivity contribution in [1.82, 2.24) is 14.5 Å². The third-order valence-corrected chi connectivity index (χ3v) is 6.68. The van der Waals surface area contributed by atoms with Crippen molar-refractivity contribution in [3.8, 4) is 0 Å². The SMILES string of the molecule is CC(c1c(C(N)=O)c(=O)n(CCN2CCCCC2=O)c2cc(Cc3ccc(F)cc3)cnc12)C(O)O. The number of carbonyl (C=O) groups is 2. The number of nitrogens with zero attached hydrogens (tertiary/aromatic N) is 3. The van der Waals surface area contributed by atoms with Gasteiger partial charge in [0.25, 0.3) is 11.5 Å². The first-order valence-corrected chi connectivity index (χ1v) is 11.9. The number of primary amides is 1. The number of nitrogens with two attached hydrogens (primary N) is 1. The maximum atomic E-state index is 13.6. The first-order chi connectivity index (χ1) is 17.2. The predicted octanol–water partition coefficient (Wildman–Crippen LogP) is 1.65. The molecule has 0 radical (unpaired) electrons. The zero-order chi connectivity index (χ0) is 26.0. The number of piperidine rings is 1. The summed E-state index contributed by atoms with van der Waals surface area (Å²) in [7, 11) is 0. The molecule has 4 rings (SSSR count). The number of aliphatic hydroxyl groups is 2. The largest absolute Gasteiger partial charge is 0.368 e. The van der Waals surface area contributed by atoms with E-state index < -0.39 is 23.7 Å². The summed E-state index contributed by atoms with van der Waals surface area (Å²) >= 11 is 0. The van der Waals surface area contributed by atoms with E-state index in [1.807, 2.05) is 0 Å². The van der Waals surface area contributed by atoms with Crippen molar-refractivity contribution >= 4 is 22.8 Å². The Labute approximate surface area is 207 Å². The van der Waals surface area contributed by atoms with E-state index in [1.165, 1.54) is 23.6 Å². The zero-order valence-electron chi connectivity index (χ0n) is 20.0. The minimum atomic E-state index is -1.85. The molecule has 1 aromatic carbocycles. The quantitative estimate of drug-likeness (QED) is 0.406. The molecule has 3 aromatic rings. The Morgan fingerprint density at radius 3 is 2.50 bits per heavy atom. The highest BCUT2D eigenvalue weighted by atomic mass is 19.1. The number of aliphatic hydroxyl groups excluding tert-OH is 1. The molecule has 0 aliphatic carbocycles. The minimum Gasteiger partial charge on any atom is -0.368 e. The summed E-state index contributed by atoms with van der Waals surface area (Å²) in [4.78, 5) is 44.4. The highest BCUT2D eigenvalue weighted by Crippen LogP contribution is 2.29. The molecular formula is C26H29FN4O5. The second-order valence-corrected chi connectivity index (χ2v) is 9.16. The van der Waals surface area contributed by atoms with E-state index in [0.717, 1.165) is 24.0 Å². The highest BCUT2D eigenvalue weighted by Gasteiger charge is 2.29. The number of benzene rings is 1. The van der Waals surface area contributed by atoms with Crippen molar-refractivity contribution in [2.75, 3.05) is 13.1 Å². The number of halogens is 1. The Hall–Kier alpha value is -3.63. The third kappa shape index (κ3) is 5.14. The van der Waals surface area contributed by atoms with Crippen LogP contribution in [0.4, 0.5) is 4.39 Å². The Kier molecular flexibility index (Phi) is 7.46. The van der Waals surface area contributed by atoms with E-state index in [1.54, 1.807) is 29.3 Å². The smallest absolute Gasteiger partial charge is 0.264 e. The molecule has 190 valence electrons. The van der Waals surface area contributed by atoms with Gasteiger partial charge in [0, 0.05) is 43.7 Å². The highest BCUT2D eigenvalue weighted by molar-refractivity contribution is 5.98. The van der Waals surface area contributed by atoms with E-state index in [0.29, 0.717) is 24.9 Å². The van der Waals surface area contributed by atoms with Gasteiger partial charge in [0.15, 0.2) is 6.29 Å². The van der Waals surface area contributed by atoms with Gasteiger partial charge in [0.2, 0.25) is 5.91 Å². The molecule has 3 heterocycles. The van der Waals surface area contributed by atoms with Crippen molar-refractivity contribution in [2.45, 2.75) is 51.4 Å². The maximum Gasteiger partial charge on any atom is 0.264 e. The van der Waals surface area contributed by atoms with Gasteiger partial charge in [0.05, 0.1) is 11.0 Å². The molecule has 10 heteroatoms. The van der Waals surface area contributed by atoms with Gasteiger partial charge in [0.1, 0.15) is 11.4 Å². The molecule has 9 nitrogen and oxygen atoms in total. The van der Waals surface area contributed by atoms with Crippen LogP contribution in [0.3, 0.4) is 0 Å². The monoisotopic (exact) mass is 496 g/mol. The number of pyridine rings is 2. The van der Waals surface area contributed by atoms with Crippen LogP contribution in [-0.4, -0.2) is 55.9 Å². The van der Waals surface area contributed by atoms with Gasteiger partial charge in [-0.2, -0.15) is 0 Å². The summed E-state index contributed by atoms with van der Waals surface area (Å²) in [6, 6.07) is 7.77. The van der Waals surface area contributed by atoms with Gasteiger partial charge in [-0.25, -0.2) is 4.39 Å². The number of amides is 2. The van der Waals surface area contributed by atoms with Crippen LogP contribution in [0.2, 0.25) is 0 Å². The lowest BCUT2D eigenvalue weighted by molar-refractivity contribution is -0.133. The molecule has 2 aromatic heterocycles. The fourth-order valence-electron chi connectivity index (χ4n) is 4.69. The number of fused-ring (bicyclic) bond motifs is 1. The lowest BCUT2D eigenvalue weighted by atomic mass is 9.93. The maximum absolute atomic E-state index is 13.6. The van der Waals surface area contributed by atoms with Crippen molar-refractivity contribution in [1.29, 1.82) is 0 Å². The molecule has 4 N–H and O–H groups in total. The molecule has 0 spiro atoms. The lowest BCUT2D eigenvalue weighted by Crippen LogP contribution is -2.40. The van der Waals surface area contributed by atoms with Gasteiger partial charge in [-0.15, -0.1) is 0 Å². The van der Waals surface area contributed by atoms with Crippen molar-refractivity contribution < 1.29 is 24.2 Å². The minimum absolute atomic E-state index is 0.0116. The summed E-state index contributed by atoms with van der Waals surface area (Å²) in [5.74, 6) is -2.35. The Morgan fingerprint density at radius 1 is 1.14 bits per heavy atom. The number of carbonyl (C=O) groups excluding carboxylic acids is 2. The molecule has 2 amide bonds. The van der Waals surface area contributed by atoms with E-state index in [-0.39, 0.29) is 41.5 Å². The average molecular weight is 497 g/mol. The predicted molar refractivity (Wildman–Crippen MR) is 131 cm³/mol. The molecule has 1 saturated heterocycles. The summed E-state index contributed by atoms with van der Waals surface area (Å²) < 4.78 is 14.7. The van der Waals surface area contributed by atoms with Crippen molar-refractivity contribution in [3.05, 3.63) is 75.0 Å². The third-order valence-electron chi connectivity index (χ3n) is 6.68. The van der Waals surface area contributed by atoms with Crippen LogP contribution in [0.15, 0.2) is 41.3 Å². The Morgan fingerprint density at radius 2 is 1.86 bits per heavy atom. The van der Waals surface area contributed by atoms with Crippen LogP contribution in [0, 0.1) is 5.82 Å². The van der Waals surface area contributed by atoms with Crippen LogP contribution in [-0.2, 0) is 17.8 Å². The zero-order valence-corrected chi connectivity index (χ0v) is 20.0. The Bertz CT molecular complexity index is 1350. The van der Waals surface area contributed by atoms with Crippen molar-refractivity contribution in [2.24, 2.45) is 5.73 Å². The molecule has 1 unspecified atom stereocenters. The molecule has 1 atom stereocenters. The topological polar surface area (TPSA) is 139 Å². The molecule has 1 aliphatic heterocycles. The normalized spacial score (nSPS) is 15.0. The van der Waals surface area contributed by atoms with E-state index >= 15 is 0 Å².